The highest BCUT2D eigenvalue weighted by Gasteiger charge is 2.22. The van der Waals surface area contributed by atoms with Gasteiger partial charge in [-0.05, 0) is 38.9 Å². The molecule has 1 rings (SSSR count). The summed E-state index contributed by atoms with van der Waals surface area (Å²) in [5.41, 5.74) is 0. The number of nitrogens with zero attached hydrogens (tertiary/aromatic N) is 1. The van der Waals surface area contributed by atoms with E-state index in [1.165, 1.54) is 25.9 Å². The number of likely N-dealkylation sites (N-methyl/N-ethyl adjacent to an activating group) is 1. The zero-order valence-corrected chi connectivity index (χ0v) is 9.75. The van der Waals surface area contributed by atoms with Gasteiger partial charge in [0.1, 0.15) is 0 Å². The molecule has 1 unspecified atom stereocenters. The maximum Gasteiger partial charge on any atom is 0.0630 e. The van der Waals surface area contributed by atoms with Crippen LogP contribution in [0.1, 0.15) is 19.8 Å². The number of likely N-dealkylation sites (tertiary alicyclic amines) is 1. The number of piperidine rings is 1. The summed E-state index contributed by atoms with van der Waals surface area (Å²) in [7, 11) is 3.80. The lowest BCUT2D eigenvalue weighted by Crippen LogP contribution is -2.47. The van der Waals surface area contributed by atoms with E-state index in [9.17, 15) is 0 Å². The predicted molar refractivity (Wildman–Crippen MR) is 59.6 cm³/mol. The fourth-order valence-corrected chi connectivity index (χ4v) is 2.12. The van der Waals surface area contributed by atoms with Crippen LogP contribution in [0.2, 0.25) is 0 Å². The normalized spacial score (nSPS) is 22.5. The number of hydrogen-bond acceptors (Lipinski definition) is 3. The third-order valence-electron chi connectivity index (χ3n) is 3.13. The summed E-state index contributed by atoms with van der Waals surface area (Å²) in [6.45, 7) is 6.69. The highest BCUT2D eigenvalue weighted by molar-refractivity contribution is 4.78. The van der Waals surface area contributed by atoms with Crippen molar-refractivity contribution in [2.24, 2.45) is 5.92 Å². The molecule has 0 amide bonds. The Morgan fingerprint density at radius 3 is 2.57 bits per heavy atom. The number of methoxy groups -OCH3 is 1. The molecule has 0 aliphatic carbocycles. The molecule has 14 heavy (non-hydrogen) atoms. The molecule has 0 aromatic carbocycles. The van der Waals surface area contributed by atoms with E-state index in [-0.39, 0.29) is 0 Å². The van der Waals surface area contributed by atoms with Crippen LogP contribution in [0.15, 0.2) is 0 Å². The Morgan fingerprint density at radius 2 is 2.07 bits per heavy atom. The molecular formula is C11H24N2O. The summed E-state index contributed by atoms with van der Waals surface area (Å²) in [5, 5.41) is 3.24. The molecule has 1 aliphatic rings. The lowest BCUT2D eigenvalue weighted by molar-refractivity contribution is 0.0676. The molecule has 3 nitrogen and oxygen atoms in total. The molecule has 1 aliphatic heterocycles. The Morgan fingerprint density at radius 1 is 1.43 bits per heavy atom. The zero-order chi connectivity index (χ0) is 10.4. The third-order valence-corrected chi connectivity index (χ3v) is 3.13. The lowest BCUT2D eigenvalue weighted by Gasteiger charge is -2.36. The van der Waals surface area contributed by atoms with Gasteiger partial charge in [0.05, 0.1) is 6.61 Å². The monoisotopic (exact) mass is 200 g/mol. The summed E-state index contributed by atoms with van der Waals surface area (Å²) in [5.74, 6) is 0.907. The van der Waals surface area contributed by atoms with Gasteiger partial charge in [0.25, 0.3) is 0 Å². The van der Waals surface area contributed by atoms with Gasteiger partial charge in [-0.1, -0.05) is 6.92 Å². The van der Waals surface area contributed by atoms with Gasteiger partial charge in [-0.2, -0.15) is 0 Å². The van der Waals surface area contributed by atoms with Crippen LogP contribution in [0.4, 0.5) is 0 Å². The van der Waals surface area contributed by atoms with E-state index in [2.05, 4.69) is 17.1 Å². The van der Waals surface area contributed by atoms with Crippen molar-refractivity contribution in [3.63, 3.8) is 0 Å². The standard InChI is InChI=1S/C11H24N2O/c1-10-4-6-13(7-5-10)11(8-12-2)9-14-3/h10-12H,4-9H2,1-3H3. The van der Waals surface area contributed by atoms with Gasteiger partial charge in [0, 0.05) is 19.7 Å². The Bertz CT molecular complexity index is 138. The smallest absolute Gasteiger partial charge is 0.0630 e. The molecule has 0 aromatic rings. The van der Waals surface area contributed by atoms with E-state index >= 15 is 0 Å². The van der Waals surface area contributed by atoms with Gasteiger partial charge in [-0.25, -0.2) is 0 Å². The second-order valence-electron chi connectivity index (χ2n) is 4.39. The Balaban J connectivity index is 2.34. The quantitative estimate of drug-likeness (QED) is 0.715. The third kappa shape index (κ3) is 3.56. The van der Waals surface area contributed by atoms with E-state index < -0.39 is 0 Å². The molecule has 0 radical (unpaired) electrons. The van der Waals surface area contributed by atoms with Crippen molar-refractivity contribution in [2.75, 3.05) is 40.4 Å². The molecule has 0 bridgehead atoms. The van der Waals surface area contributed by atoms with Crippen molar-refractivity contribution in [3.05, 3.63) is 0 Å². The van der Waals surface area contributed by atoms with Crippen LogP contribution in [0.5, 0.6) is 0 Å². The van der Waals surface area contributed by atoms with Gasteiger partial charge in [0.2, 0.25) is 0 Å². The van der Waals surface area contributed by atoms with Gasteiger partial charge < -0.3 is 10.1 Å². The molecule has 0 spiro atoms. The first kappa shape index (κ1) is 12.0. The molecular weight excluding hydrogens is 176 g/mol. The van der Waals surface area contributed by atoms with E-state index in [0.29, 0.717) is 6.04 Å². The first-order chi connectivity index (χ1) is 6.77. The van der Waals surface area contributed by atoms with Gasteiger partial charge in [-0.15, -0.1) is 0 Å². The molecule has 0 saturated carbocycles. The molecule has 1 heterocycles. The van der Waals surface area contributed by atoms with Crippen LogP contribution in [0.3, 0.4) is 0 Å². The van der Waals surface area contributed by atoms with Gasteiger partial charge in [-0.3, -0.25) is 4.90 Å². The highest BCUT2D eigenvalue weighted by atomic mass is 16.5. The molecule has 1 saturated heterocycles. The zero-order valence-electron chi connectivity index (χ0n) is 9.75. The first-order valence-corrected chi connectivity index (χ1v) is 5.65. The largest absolute Gasteiger partial charge is 0.383 e. The average molecular weight is 200 g/mol. The Hall–Kier alpha value is -0.120. The summed E-state index contributed by atoms with van der Waals surface area (Å²) in [6.07, 6.45) is 2.67. The van der Waals surface area contributed by atoms with Crippen molar-refractivity contribution in [3.8, 4) is 0 Å². The molecule has 84 valence electrons. The summed E-state index contributed by atoms with van der Waals surface area (Å²) in [6, 6.07) is 0.553. The van der Waals surface area contributed by atoms with E-state index in [4.69, 9.17) is 4.74 Å². The fourth-order valence-electron chi connectivity index (χ4n) is 2.12. The number of nitrogens with one attached hydrogen (secondary N) is 1. The second-order valence-corrected chi connectivity index (χ2v) is 4.39. The van der Waals surface area contributed by atoms with Crippen LogP contribution in [-0.2, 0) is 4.74 Å². The minimum Gasteiger partial charge on any atom is -0.383 e. The average Bonchev–Trinajstić information content (AvgIpc) is 2.19. The topological polar surface area (TPSA) is 24.5 Å². The molecule has 3 heteroatoms. The number of rotatable bonds is 5. The number of ether oxygens (including phenoxy) is 1. The van der Waals surface area contributed by atoms with Crippen molar-refractivity contribution < 1.29 is 4.74 Å². The van der Waals surface area contributed by atoms with E-state index in [1.807, 2.05) is 7.05 Å². The van der Waals surface area contributed by atoms with Gasteiger partial charge in [0.15, 0.2) is 0 Å². The van der Waals surface area contributed by atoms with Gasteiger partial charge >= 0.3 is 0 Å². The number of hydrogen-bond donors (Lipinski definition) is 1. The maximum absolute atomic E-state index is 5.25. The van der Waals surface area contributed by atoms with Crippen molar-refractivity contribution in [1.82, 2.24) is 10.2 Å². The minimum atomic E-state index is 0.553. The molecule has 1 fully saturated rings. The summed E-state index contributed by atoms with van der Waals surface area (Å²) >= 11 is 0. The van der Waals surface area contributed by atoms with Crippen LogP contribution in [0, 0.1) is 5.92 Å². The Kier molecular flexibility index (Phi) is 5.45. The summed E-state index contributed by atoms with van der Waals surface area (Å²) < 4.78 is 5.25. The van der Waals surface area contributed by atoms with E-state index in [1.54, 1.807) is 7.11 Å². The van der Waals surface area contributed by atoms with Crippen molar-refractivity contribution in [2.45, 2.75) is 25.8 Å². The Labute approximate surface area is 87.8 Å². The van der Waals surface area contributed by atoms with Crippen LogP contribution >= 0.6 is 0 Å². The minimum absolute atomic E-state index is 0.553. The first-order valence-electron chi connectivity index (χ1n) is 5.65. The molecule has 1 N–H and O–H groups in total. The summed E-state index contributed by atoms with van der Waals surface area (Å²) in [4.78, 5) is 2.56. The van der Waals surface area contributed by atoms with E-state index in [0.717, 1.165) is 19.1 Å². The molecule has 0 aromatic heterocycles. The van der Waals surface area contributed by atoms with Crippen molar-refractivity contribution in [1.29, 1.82) is 0 Å². The van der Waals surface area contributed by atoms with Crippen molar-refractivity contribution >= 4 is 0 Å². The highest BCUT2D eigenvalue weighted by Crippen LogP contribution is 2.17. The van der Waals surface area contributed by atoms with Crippen LogP contribution < -0.4 is 5.32 Å². The fraction of sp³-hybridized carbons (Fsp3) is 1.00. The SMILES string of the molecule is CNCC(COC)N1CCC(C)CC1. The maximum atomic E-state index is 5.25. The molecule has 1 atom stereocenters. The predicted octanol–water partition coefficient (Wildman–Crippen LogP) is 0.953. The lowest BCUT2D eigenvalue weighted by atomic mass is 9.98. The van der Waals surface area contributed by atoms with Crippen LogP contribution in [0.25, 0.3) is 0 Å². The second kappa shape index (κ2) is 6.38. The van der Waals surface area contributed by atoms with Crippen LogP contribution in [-0.4, -0.2) is 51.3 Å².